The molecule has 2 atom stereocenters. The molecule has 3 aromatic rings. The summed E-state index contributed by atoms with van der Waals surface area (Å²) in [6.07, 6.45) is 2.60. The minimum absolute atomic E-state index is 0.0495. The van der Waals surface area contributed by atoms with Crippen molar-refractivity contribution in [3.05, 3.63) is 48.3 Å². The summed E-state index contributed by atoms with van der Waals surface area (Å²) >= 11 is -0.228. The number of halogens is 4. The summed E-state index contributed by atoms with van der Waals surface area (Å²) in [7, 11) is -0.603. The predicted octanol–water partition coefficient (Wildman–Crippen LogP) is 5.11. The van der Waals surface area contributed by atoms with E-state index >= 15 is 0 Å². The number of piperidine rings is 1. The van der Waals surface area contributed by atoms with Crippen molar-refractivity contribution in [2.75, 3.05) is 50.6 Å². The molecule has 2 N–H and O–H groups in total. The van der Waals surface area contributed by atoms with Gasteiger partial charge in [0.2, 0.25) is 0 Å². The van der Waals surface area contributed by atoms with Crippen molar-refractivity contribution >= 4 is 41.2 Å². The lowest BCUT2D eigenvalue weighted by Crippen LogP contribution is -2.46. The van der Waals surface area contributed by atoms with Crippen molar-refractivity contribution in [3.63, 3.8) is 0 Å². The Labute approximate surface area is 217 Å². The molecule has 0 unspecified atom stereocenters. The molecule has 0 spiro atoms. The second-order valence-corrected chi connectivity index (χ2v) is 13.5. The molecule has 1 fully saturated rings. The number of rotatable bonds is 6. The average molecular weight is 554 g/mol. The number of hydrogen-bond acceptors (Lipinski definition) is 6. The fraction of sp³-hybridized carbons (Fsp3) is 0.400. The van der Waals surface area contributed by atoms with E-state index in [-0.39, 0.29) is 28.9 Å². The zero-order chi connectivity index (χ0) is 26.8. The highest BCUT2D eigenvalue weighted by Gasteiger charge is 2.33. The van der Waals surface area contributed by atoms with E-state index in [1.54, 1.807) is 56.1 Å². The van der Waals surface area contributed by atoms with Crippen molar-refractivity contribution in [1.82, 2.24) is 14.3 Å². The van der Waals surface area contributed by atoms with E-state index in [1.165, 1.54) is 4.40 Å². The van der Waals surface area contributed by atoms with Gasteiger partial charge < -0.3 is 24.5 Å². The monoisotopic (exact) mass is 553 g/mol. The first-order valence-electron chi connectivity index (χ1n) is 11.6. The van der Waals surface area contributed by atoms with Crippen LogP contribution in [0.1, 0.15) is 12.0 Å². The molecule has 1 aliphatic rings. The lowest BCUT2D eigenvalue weighted by molar-refractivity contribution is -0.0329. The number of hydrogen-bond donors (Lipinski definition) is 2. The topological polar surface area (TPSA) is 61.7 Å². The third kappa shape index (κ3) is 7.01. The van der Waals surface area contributed by atoms with Gasteiger partial charge in [0.1, 0.15) is 18.3 Å². The molecule has 0 aliphatic carbocycles. The average Bonchev–Trinajstić information content (AvgIpc) is 3.15. The molecule has 12 heteroatoms. The van der Waals surface area contributed by atoms with Crippen LogP contribution in [-0.2, 0) is 4.57 Å². The minimum Gasteiger partial charge on any atom is -0.378 e. The Morgan fingerprint density at radius 1 is 1.27 bits per heavy atom. The van der Waals surface area contributed by atoms with Gasteiger partial charge in [-0.15, -0.1) is 0 Å². The van der Waals surface area contributed by atoms with Gasteiger partial charge in [-0.2, -0.15) is 13.2 Å². The first kappa shape index (κ1) is 27.4. The van der Waals surface area contributed by atoms with Crippen LogP contribution in [0.4, 0.5) is 28.9 Å². The standard InChI is InChI=1S/C25H28F4N5OPS/c1-33-13-10-20(19(26)16-33)32-21-7-5-12-34-22(21)14-17(24(34)37-25(27,28)29)6-4-11-30-18-8-9-23(31-15-18)36(2,3)35/h5,7-9,12,14-15,19-20,30,32H,10-11,13,16H2,1-3H3/t19-,20+/m0/s1. The number of fused-ring (bicyclic) bond motifs is 1. The Bertz CT molecular complexity index is 1360. The van der Waals surface area contributed by atoms with E-state index < -0.39 is 24.9 Å². The number of pyridine rings is 2. The summed E-state index contributed by atoms with van der Waals surface area (Å²) < 4.78 is 68.4. The summed E-state index contributed by atoms with van der Waals surface area (Å²) in [4.78, 5) is 6.11. The van der Waals surface area contributed by atoms with Crippen molar-refractivity contribution in [1.29, 1.82) is 0 Å². The SMILES string of the molecule is CN1CC[C@@H](Nc2cccn3c(SC(F)(F)F)c(C#CCNc4ccc(P(C)(C)=O)nc4)cc23)[C@@H](F)C1. The Morgan fingerprint density at radius 3 is 2.70 bits per heavy atom. The van der Waals surface area contributed by atoms with Gasteiger partial charge in [-0.3, -0.25) is 4.98 Å². The van der Waals surface area contributed by atoms with Crippen molar-refractivity contribution < 1.29 is 22.1 Å². The van der Waals surface area contributed by atoms with Crippen LogP contribution in [0.15, 0.2) is 47.8 Å². The van der Waals surface area contributed by atoms with Crippen LogP contribution in [0.2, 0.25) is 0 Å². The number of likely N-dealkylation sites (tertiary alicyclic amines) is 1. The van der Waals surface area contributed by atoms with Crippen LogP contribution in [0.5, 0.6) is 0 Å². The second-order valence-electron chi connectivity index (χ2n) is 9.32. The van der Waals surface area contributed by atoms with Crippen LogP contribution >= 0.6 is 18.9 Å². The van der Waals surface area contributed by atoms with Gasteiger partial charge >= 0.3 is 5.51 Å². The molecule has 37 heavy (non-hydrogen) atoms. The number of thioether (sulfide) groups is 1. The number of anilines is 2. The molecule has 0 amide bonds. The summed E-state index contributed by atoms with van der Waals surface area (Å²) in [5.41, 5.74) is -2.04. The van der Waals surface area contributed by atoms with E-state index in [9.17, 15) is 22.1 Å². The Hall–Kier alpha value is -2.67. The van der Waals surface area contributed by atoms with Gasteiger partial charge in [0.15, 0.2) is 0 Å². The fourth-order valence-corrected chi connectivity index (χ4v) is 5.58. The molecule has 0 radical (unpaired) electrons. The van der Waals surface area contributed by atoms with Crippen molar-refractivity contribution in [2.45, 2.75) is 29.2 Å². The Morgan fingerprint density at radius 2 is 2.05 bits per heavy atom. The number of aromatic nitrogens is 2. The lowest BCUT2D eigenvalue weighted by atomic mass is 10.0. The molecule has 1 saturated heterocycles. The third-order valence-electron chi connectivity index (χ3n) is 5.97. The maximum atomic E-state index is 14.6. The molecule has 0 aromatic carbocycles. The smallest absolute Gasteiger partial charge is 0.378 e. The van der Waals surface area contributed by atoms with E-state index in [2.05, 4.69) is 27.5 Å². The molecule has 0 bridgehead atoms. The molecular weight excluding hydrogens is 525 g/mol. The molecule has 3 aromatic heterocycles. The highest BCUT2D eigenvalue weighted by molar-refractivity contribution is 8.00. The zero-order valence-electron chi connectivity index (χ0n) is 20.6. The van der Waals surface area contributed by atoms with Gasteiger partial charge in [-0.25, -0.2) is 4.39 Å². The molecule has 198 valence electrons. The quantitative estimate of drug-likeness (QED) is 0.192. The summed E-state index contributed by atoms with van der Waals surface area (Å²) in [5, 5.41) is 6.20. The van der Waals surface area contributed by atoms with Gasteiger partial charge in [0.25, 0.3) is 0 Å². The van der Waals surface area contributed by atoms with Crippen LogP contribution in [0.25, 0.3) is 5.52 Å². The maximum absolute atomic E-state index is 14.6. The molecule has 0 saturated carbocycles. The normalized spacial score (nSPS) is 18.9. The van der Waals surface area contributed by atoms with Crippen LogP contribution < -0.4 is 16.1 Å². The van der Waals surface area contributed by atoms with Crippen molar-refractivity contribution in [3.8, 4) is 11.8 Å². The molecule has 4 heterocycles. The van der Waals surface area contributed by atoms with Gasteiger partial charge in [0, 0.05) is 31.0 Å². The van der Waals surface area contributed by atoms with Crippen LogP contribution in [0.3, 0.4) is 0 Å². The highest BCUT2D eigenvalue weighted by Crippen LogP contribution is 2.41. The van der Waals surface area contributed by atoms with Crippen molar-refractivity contribution in [2.24, 2.45) is 0 Å². The number of nitrogens with one attached hydrogen (secondary N) is 2. The molecular formula is C25H28F4N5OPS. The lowest BCUT2D eigenvalue weighted by Gasteiger charge is -2.33. The predicted molar refractivity (Wildman–Crippen MR) is 142 cm³/mol. The van der Waals surface area contributed by atoms with E-state index in [4.69, 9.17) is 0 Å². The first-order valence-corrected chi connectivity index (χ1v) is 15.1. The second kappa shape index (κ2) is 11.0. The van der Waals surface area contributed by atoms with Gasteiger partial charge in [-0.05, 0) is 57.1 Å². The number of nitrogens with zero attached hydrogens (tertiary/aromatic N) is 3. The fourth-order valence-electron chi connectivity index (χ4n) is 4.11. The highest BCUT2D eigenvalue weighted by atomic mass is 32.2. The number of alkyl halides is 4. The molecule has 6 nitrogen and oxygen atoms in total. The van der Waals surface area contributed by atoms with Gasteiger partial charge in [0.05, 0.1) is 46.7 Å². The van der Waals surface area contributed by atoms with E-state index in [0.29, 0.717) is 35.3 Å². The minimum atomic E-state index is -4.50. The Kier molecular flexibility index (Phi) is 8.12. The van der Waals surface area contributed by atoms with E-state index in [0.717, 1.165) is 6.54 Å². The zero-order valence-corrected chi connectivity index (χ0v) is 22.4. The summed E-state index contributed by atoms with van der Waals surface area (Å²) in [6, 6.07) is 7.96. The van der Waals surface area contributed by atoms with Gasteiger partial charge in [-0.1, -0.05) is 11.8 Å². The molecule has 1 aliphatic heterocycles. The Balaban J connectivity index is 1.57. The first-order chi connectivity index (χ1) is 17.4. The van der Waals surface area contributed by atoms with E-state index in [1.807, 2.05) is 11.9 Å². The molecule has 4 rings (SSSR count). The summed E-state index contributed by atoms with van der Waals surface area (Å²) in [6.45, 7) is 4.47. The third-order valence-corrected chi connectivity index (χ3v) is 8.17. The largest absolute Gasteiger partial charge is 0.447 e. The van der Waals surface area contributed by atoms with Crippen LogP contribution in [0, 0.1) is 11.8 Å². The van der Waals surface area contributed by atoms with Crippen LogP contribution in [-0.4, -0.2) is 72.0 Å². The summed E-state index contributed by atoms with van der Waals surface area (Å²) in [5.74, 6) is 5.72. The maximum Gasteiger partial charge on any atom is 0.447 e.